The van der Waals surface area contributed by atoms with E-state index in [1.54, 1.807) is 11.1 Å². The van der Waals surface area contributed by atoms with Gasteiger partial charge in [-0.25, -0.2) is 0 Å². The van der Waals surface area contributed by atoms with Crippen LogP contribution in [-0.4, -0.2) is 26.2 Å². The lowest BCUT2D eigenvalue weighted by molar-refractivity contribution is 0.373. The first-order valence-electron chi connectivity index (χ1n) is 7.93. The third-order valence-electron chi connectivity index (χ3n) is 4.74. The lowest BCUT2D eigenvalue weighted by atomic mass is 9.83. The molecule has 1 aromatic rings. The van der Waals surface area contributed by atoms with Crippen LogP contribution in [0, 0.1) is 5.92 Å². The van der Waals surface area contributed by atoms with E-state index in [0.717, 1.165) is 11.8 Å². The summed E-state index contributed by atoms with van der Waals surface area (Å²) in [7, 11) is 0. The van der Waals surface area contributed by atoms with Crippen LogP contribution < -0.4 is 10.6 Å². The average Bonchev–Trinajstić information content (AvgIpc) is 2.50. The second-order valence-corrected chi connectivity index (χ2v) is 6.14. The monoisotopic (exact) mass is 258 g/mol. The summed E-state index contributed by atoms with van der Waals surface area (Å²) < 4.78 is 0. The Kier molecular flexibility index (Phi) is 4.52. The normalized spacial score (nSPS) is 25.4. The van der Waals surface area contributed by atoms with E-state index in [0.29, 0.717) is 0 Å². The van der Waals surface area contributed by atoms with E-state index in [1.807, 2.05) is 0 Å². The fourth-order valence-corrected chi connectivity index (χ4v) is 3.66. The van der Waals surface area contributed by atoms with E-state index in [4.69, 9.17) is 0 Å². The van der Waals surface area contributed by atoms with E-state index in [1.165, 1.54) is 58.3 Å². The summed E-state index contributed by atoms with van der Waals surface area (Å²) in [5.74, 6) is 1.63. The van der Waals surface area contributed by atoms with Crippen LogP contribution in [0.4, 0.5) is 0 Å². The Morgan fingerprint density at radius 1 is 0.947 bits per heavy atom. The fraction of sp³-hybridized carbons (Fsp3) is 0.647. The van der Waals surface area contributed by atoms with Crippen molar-refractivity contribution in [2.45, 2.75) is 38.0 Å². The molecule has 1 unspecified atom stereocenters. The first-order valence-corrected chi connectivity index (χ1v) is 7.93. The second-order valence-electron chi connectivity index (χ2n) is 6.14. The lowest BCUT2D eigenvalue weighted by Crippen LogP contribution is -2.31. The third kappa shape index (κ3) is 3.37. The van der Waals surface area contributed by atoms with Gasteiger partial charge in [0.15, 0.2) is 0 Å². The zero-order chi connectivity index (χ0) is 12.9. The zero-order valence-corrected chi connectivity index (χ0v) is 11.8. The topological polar surface area (TPSA) is 24.1 Å². The predicted octanol–water partition coefficient (Wildman–Crippen LogP) is 2.70. The maximum atomic E-state index is 3.54. The van der Waals surface area contributed by atoms with Crippen LogP contribution in [0.5, 0.6) is 0 Å². The van der Waals surface area contributed by atoms with Gasteiger partial charge >= 0.3 is 0 Å². The lowest BCUT2D eigenvalue weighted by Gasteiger charge is -2.28. The molecule has 0 amide bonds. The standard InChI is InChI=1S/C17H26N2/c1-2-6-17(15-7-10-18-11-8-15)16(5-1)12-14-4-3-9-19-13-14/h1-2,5-6,14-15,18-19H,3-4,7-13H2. The van der Waals surface area contributed by atoms with Crippen LogP contribution in [0.2, 0.25) is 0 Å². The van der Waals surface area contributed by atoms with Crippen LogP contribution in [0.3, 0.4) is 0 Å². The van der Waals surface area contributed by atoms with Gasteiger partial charge in [0.25, 0.3) is 0 Å². The summed E-state index contributed by atoms with van der Waals surface area (Å²) >= 11 is 0. The smallest absolute Gasteiger partial charge is 0.00173 e. The van der Waals surface area contributed by atoms with Gasteiger partial charge in [-0.05, 0) is 81.2 Å². The van der Waals surface area contributed by atoms with Crippen molar-refractivity contribution < 1.29 is 0 Å². The number of nitrogens with one attached hydrogen (secondary N) is 2. The van der Waals surface area contributed by atoms with Gasteiger partial charge in [0.2, 0.25) is 0 Å². The highest BCUT2D eigenvalue weighted by molar-refractivity contribution is 5.31. The van der Waals surface area contributed by atoms with Crippen molar-refractivity contribution in [2.24, 2.45) is 5.92 Å². The van der Waals surface area contributed by atoms with Gasteiger partial charge in [-0.1, -0.05) is 24.3 Å². The molecule has 2 heterocycles. The van der Waals surface area contributed by atoms with Crippen molar-refractivity contribution >= 4 is 0 Å². The Balaban J connectivity index is 1.72. The number of piperidine rings is 2. The molecule has 0 aromatic heterocycles. The first kappa shape index (κ1) is 13.1. The van der Waals surface area contributed by atoms with E-state index in [9.17, 15) is 0 Å². The minimum atomic E-state index is 0.786. The summed E-state index contributed by atoms with van der Waals surface area (Å²) in [4.78, 5) is 0. The molecule has 0 spiro atoms. The van der Waals surface area contributed by atoms with Crippen molar-refractivity contribution in [3.05, 3.63) is 35.4 Å². The van der Waals surface area contributed by atoms with Gasteiger partial charge in [-0.3, -0.25) is 0 Å². The minimum Gasteiger partial charge on any atom is -0.317 e. The van der Waals surface area contributed by atoms with E-state index < -0.39 is 0 Å². The van der Waals surface area contributed by atoms with Crippen molar-refractivity contribution in [3.63, 3.8) is 0 Å². The van der Waals surface area contributed by atoms with Gasteiger partial charge in [0, 0.05) is 0 Å². The number of benzene rings is 1. The summed E-state index contributed by atoms with van der Waals surface area (Å²) in [6.45, 7) is 4.79. The third-order valence-corrected chi connectivity index (χ3v) is 4.74. The molecule has 1 atom stereocenters. The number of hydrogen-bond acceptors (Lipinski definition) is 2. The SMILES string of the molecule is c1ccc(C2CCNCC2)c(CC2CCCNC2)c1. The highest BCUT2D eigenvalue weighted by Crippen LogP contribution is 2.30. The van der Waals surface area contributed by atoms with Crippen LogP contribution in [0.15, 0.2) is 24.3 Å². The van der Waals surface area contributed by atoms with Gasteiger partial charge in [0.05, 0.1) is 0 Å². The molecule has 2 aliphatic rings. The molecule has 2 fully saturated rings. The summed E-state index contributed by atoms with van der Waals surface area (Å²) in [5, 5.41) is 7.02. The number of rotatable bonds is 3. The molecule has 104 valence electrons. The van der Waals surface area contributed by atoms with E-state index in [-0.39, 0.29) is 0 Å². The maximum absolute atomic E-state index is 3.54. The van der Waals surface area contributed by atoms with Crippen molar-refractivity contribution in [3.8, 4) is 0 Å². The average molecular weight is 258 g/mol. The molecule has 0 aliphatic carbocycles. The molecular formula is C17H26N2. The molecule has 2 aliphatic heterocycles. The molecule has 2 nitrogen and oxygen atoms in total. The molecule has 1 aromatic carbocycles. The molecule has 0 bridgehead atoms. The number of hydrogen-bond donors (Lipinski definition) is 2. The van der Waals surface area contributed by atoms with Crippen LogP contribution >= 0.6 is 0 Å². The quantitative estimate of drug-likeness (QED) is 0.871. The van der Waals surface area contributed by atoms with E-state index in [2.05, 4.69) is 34.9 Å². The van der Waals surface area contributed by atoms with Gasteiger partial charge in [-0.2, -0.15) is 0 Å². The summed E-state index contributed by atoms with van der Waals surface area (Å²) in [6.07, 6.45) is 6.63. The van der Waals surface area contributed by atoms with Gasteiger partial charge in [-0.15, -0.1) is 0 Å². The van der Waals surface area contributed by atoms with Crippen molar-refractivity contribution in [2.75, 3.05) is 26.2 Å². The molecule has 0 saturated carbocycles. The summed E-state index contributed by atoms with van der Waals surface area (Å²) in [6, 6.07) is 9.18. The predicted molar refractivity (Wildman–Crippen MR) is 80.6 cm³/mol. The highest BCUT2D eigenvalue weighted by Gasteiger charge is 2.20. The molecule has 2 saturated heterocycles. The van der Waals surface area contributed by atoms with Crippen LogP contribution in [-0.2, 0) is 6.42 Å². The largest absolute Gasteiger partial charge is 0.317 e. The maximum Gasteiger partial charge on any atom is -0.00173 e. The first-order chi connectivity index (χ1) is 9.43. The van der Waals surface area contributed by atoms with E-state index >= 15 is 0 Å². The molecule has 3 rings (SSSR count). The van der Waals surface area contributed by atoms with Crippen molar-refractivity contribution in [1.29, 1.82) is 0 Å². The molecule has 2 heteroatoms. The zero-order valence-electron chi connectivity index (χ0n) is 11.8. The van der Waals surface area contributed by atoms with Crippen LogP contribution in [0.25, 0.3) is 0 Å². The Hall–Kier alpha value is -0.860. The minimum absolute atomic E-state index is 0.786. The fourth-order valence-electron chi connectivity index (χ4n) is 3.66. The Morgan fingerprint density at radius 3 is 2.58 bits per heavy atom. The van der Waals surface area contributed by atoms with Crippen LogP contribution in [0.1, 0.15) is 42.7 Å². The van der Waals surface area contributed by atoms with Crippen molar-refractivity contribution in [1.82, 2.24) is 10.6 Å². The Labute approximate surface area is 117 Å². The van der Waals surface area contributed by atoms with Gasteiger partial charge in [0.1, 0.15) is 0 Å². The molecular weight excluding hydrogens is 232 g/mol. The molecule has 19 heavy (non-hydrogen) atoms. The second kappa shape index (κ2) is 6.53. The highest BCUT2D eigenvalue weighted by atomic mass is 14.9. The Bertz CT molecular complexity index is 390. The Morgan fingerprint density at radius 2 is 1.79 bits per heavy atom. The molecule has 0 radical (unpaired) electrons. The summed E-state index contributed by atoms with van der Waals surface area (Å²) in [5.41, 5.74) is 3.25. The molecule has 2 N–H and O–H groups in total. The van der Waals surface area contributed by atoms with Gasteiger partial charge < -0.3 is 10.6 Å².